The van der Waals surface area contributed by atoms with Gasteiger partial charge >= 0.3 is 0 Å². The van der Waals surface area contributed by atoms with Crippen LogP contribution in [0.5, 0.6) is 5.75 Å². The monoisotopic (exact) mass is 338 g/mol. The lowest BCUT2D eigenvalue weighted by Crippen LogP contribution is -2.35. The molecular formula is C18H27ClN2O2. The van der Waals surface area contributed by atoms with Crippen LogP contribution in [0.3, 0.4) is 0 Å². The van der Waals surface area contributed by atoms with Gasteiger partial charge in [-0.05, 0) is 50.6 Å². The number of methoxy groups -OCH3 is 1. The normalized spacial score (nSPS) is 23.8. The van der Waals surface area contributed by atoms with Crippen molar-refractivity contribution in [1.82, 2.24) is 9.80 Å². The number of halogens is 1. The topological polar surface area (TPSA) is 24.9 Å². The van der Waals surface area contributed by atoms with Gasteiger partial charge in [-0.25, -0.2) is 0 Å². The van der Waals surface area contributed by atoms with Crippen LogP contribution in [0.25, 0.3) is 0 Å². The first kappa shape index (κ1) is 17.0. The van der Waals surface area contributed by atoms with Crippen molar-refractivity contribution in [3.8, 4) is 5.75 Å². The van der Waals surface area contributed by atoms with Gasteiger partial charge < -0.3 is 9.47 Å². The molecule has 23 heavy (non-hydrogen) atoms. The van der Waals surface area contributed by atoms with Crippen molar-refractivity contribution >= 4 is 11.6 Å². The minimum Gasteiger partial charge on any atom is -0.496 e. The molecule has 2 fully saturated rings. The first-order valence-electron chi connectivity index (χ1n) is 8.63. The zero-order chi connectivity index (χ0) is 16.1. The lowest BCUT2D eigenvalue weighted by Gasteiger charge is -2.24. The van der Waals surface area contributed by atoms with Crippen LogP contribution in [0.15, 0.2) is 18.2 Å². The number of hydrogen-bond acceptors (Lipinski definition) is 4. The van der Waals surface area contributed by atoms with E-state index in [-0.39, 0.29) is 0 Å². The summed E-state index contributed by atoms with van der Waals surface area (Å²) in [6.45, 7) is 7.43. The fraction of sp³-hybridized carbons (Fsp3) is 0.667. The average Bonchev–Trinajstić information content (AvgIpc) is 2.95. The molecule has 0 amide bonds. The quantitative estimate of drug-likeness (QED) is 0.824. The molecule has 0 radical (unpaired) electrons. The van der Waals surface area contributed by atoms with Gasteiger partial charge in [0.25, 0.3) is 0 Å². The van der Waals surface area contributed by atoms with E-state index in [0.29, 0.717) is 6.10 Å². The third-order valence-corrected chi connectivity index (χ3v) is 5.04. The minimum absolute atomic E-state index is 0.453. The summed E-state index contributed by atoms with van der Waals surface area (Å²) in [7, 11) is 1.72. The number of rotatable bonds is 5. The highest BCUT2D eigenvalue weighted by Gasteiger charge is 2.22. The Labute approximate surface area is 144 Å². The molecule has 1 aromatic carbocycles. The number of ether oxygens (including phenoxy) is 2. The molecule has 2 aliphatic heterocycles. The highest BCUT2D eigenvalue weighted by atomic mass is 35.5. The molecule has 3 rings (SSSR count). The zero-order valence-corrected chi connectivity index (χ0v) is 14.7. The van der Waals surface area contributed by atoms with Crippen LogP contribution in [0.4, 0.5) is 0 Å². The Morgan fingerprint density at radius 2 is 2.00 bits per heavy atom. The Morgan fingerprint density at radius 3 is 2.78 bits per heavy atom. The predicted octanol–water partition coefficient (Wildman–Crippen LogP) is 3.04. The van der Waals surface area contributed by atoms with E-state index in [1.54, 1.807) is 7.11 Å². The molecule has 0 unspecified atom stereocenters. The van der Waals surface area contributed by atoms with E-state index in [9.17, 15) is 0 Å². The van der Waals surface area contributed by atoms with Crippen molar-refractivity contribution in [1.29, 1.82) is 0 Å². The molecule has 0 aliphatic carbocycles. The minimum atomic E-state index is 0.453. The molecule has 5 heteroatoms. The van der Waals surface area contributed by atoms with Crippen molar-refractivity contribution < 1.29 is 9.47 Å². The second-order valence-corrected chi connectivity index (χ2v) is 6.96. The molecule has 128 valence electrons. The lowest BCUT2D eigenvalue weighted by atomic mass is 10.2. The number of hydrogen-bond donors (Lipinski definition) is 0. The maximum absolute atomic E-state index is 6.15. The summed E-state index contributed by atoms with van der Waals surface area (Å²) < 4.78 is 11.2. The summed E-state index contributed by atoms with van der Waals surface area (Å²) in [5.41, 5.74) is 1.17. The smallest absolute Gasteiger partial charge is 0.123 e. The van der Waals surface area contributed by atoms with Crippen LogP contribution in [-0.4, -0.2) is 62.3 Å². The summed E-state index contributed by atoms with van der Waals surface area (Å²) in [5, 5.41) is 0.774. The van der Waals surface area contributed by atoms with Gasteiger partial charge in [0.1, 0.15) is 5.75 Å². The largest absolute Gasteiger partial charge is 0.496 e. The summed E-state index contributed by atoms with van der Waals surface area (Å²) in [5.74, 6) is 0.926. The summed E-state index contributed by atoms with van der Waals surface area (Å²) in [6.07, 6.45) is 4.10. The van der Waals surface area contributed by atoms with E-state index in [4.69, 9.17) is 21.1 Å². The van der Waals surface area contributed by atoms with Gasteiger partial charge in [-0.2, -0.15) is 0 Å². The van der Waals surface area contributed by atoms with Gasteiger partial charge in [0, 0.05) is 43.4 Å². The molecule has 1 aromatic rings. The van der Waals surface area contributed by atoms with E-state index in [2.05, 4.69) is 9.80 Å². The Hall–Kier alpha value is -0.810. The zero-order valence-electron chi connectivity index (χ0n) is 14.0. The molecule has 2 heterocycles. The Morgan fingerprint density at radius 1 is 1.17 bits per heavy atom. The Kier molecular flexibility index (Phi) is 6.17. The van der Waals surface area contributed by atoms with Crippen molar-refractivity contribution in [2.75, 3.05) is 46.4 Å². The second-order valence-electron chi connectivity index (χ2n) is 6.52. The van der Waals surface area contributed by atoms with Crippen LogP contribution in [0, 0.1) is 0 Å². The van der Waals surface area contributed by atoms with Crippen LogP contribution >= 0.6 is 11.6 Å². The maximum Gasteiger partial charge on any atom is 0.123 e. The average molecular weight is 339 g/mol. The molecular weight excluding hydrogens is 312 g/mol. The van der Waals surface area contributed by atoms with E-state index >= 15 is 0 Å². The maximum atomic E-state index is 6.15. The SMILES string of the molecule is COc1ccc(Cl)cc1CN1CCCN(C[C@H]2CCCO2)CC1. The van der Waals surface area contributed by atoms with Crippen molar-refractivity contribution in [3.63, 3.8) is 0 Å². The summed E-state index contributed by atoms with van der Waals surface area (Å²) >= 11 is 6.15. The van der Waals surface area contributed by atoms with E-state index in [1.807, 2.05) is 18.2 Å². The molecule has 0 N–H and O–H groups in total. The van der Waals surface area contributed by atoms with Crippen LogP contribution in [-0.2, 0) is 11.3 Å². The first-order chi connectivity index (χ1) is 11.2. The molecule has 1 atom stereocenters. The van der Waals surface area contributed by atoms with Crippen molar-refractivity contribution in [3.05, 3.63) is 28.8 Å². The van der Waals surface area contributed by atoms with Gasteiger partial charge in [-0.3, -0.25) is 9.80 Å². The van der Waals surface area contributed by atoms with E-state index < -0.39 is 0 Å². The molecule has 4 nitrogen and oxygen atoms in total. The fourth-order valence-electron chi connectivity index (χ4n) is 3.55. The van der Waals surface area contributed by atoms with Crippen LogP contribution in [0.1, 0.15) is 24.8 Å². The fourth-order valence-corrected chi connectivity index (χ4v) is 3.75. The van der Waals surface area contributed by atoms with Gasteiger partial charge in [-0.15, -0.1) is 0 Å². The van der Waals surface area contributed by atoms with Gasteiger partial charge in [0.2, 0.25) is 0 Å². The summed E-state index contributed by atoms with van der Waals surface area (Å²) in [6, 6.07) is 5.87. The predicted molar refractivity (Wildman–Crippen MR) is 93.3 cm³/mol. The van der Waals surface area contributed by atoms with Crippen LogP contribution in [0.2, 0.25) is 5.02 Å². The Balaban J connectivity index is 1.54. The van der Waals surface area contributed by atoms with E-state index in [1.165, 1.54) is 31.4 Å². The third kappa shape index (κ3) is 4.83. The number of benzene rings is 1. The number of nitrogens with zero attached hydrogens (tertiary/aromatic N) is 2. The Bertz CT molecular complexity index is 506. The first-order valence-corrected chi connectivity index (χ1v) is 9.01. The highest BCUT2D eigenvalue weighted by molar-refractivity contribution is 6.30. The lowest BCUT2D eigenvalue weighted by molar-refractivity contribution is 0.0742. The standard InChI is InChI=1S/C18H27ClN2O2/c1-22-18-6-5-16(19)12-15(18)13-20-7-3-8-21(10-9-20)14-17-4-2-11-23-17/h5-6,12,17H,2-4,7-11,13-14H2,1H3/t17-/m1/s1. The molecule has 0 aromatic heterocycles. The van der Waals surface area contributed by atoms with Crippen molar-refractivity contribution in [2.24, 2.45) is 0 Å². The second kappa shape index (κ2) is 8.34. The van der Waals surface area contributed by atoms with Crippen molar-refractivity contribution in [2.45, 2.75) is 31.9 Å². The van der Waals surface area contributed by atoms with E-state index in [0.717, 1.165) is 50.1 Å². The molecule has 0 saturated carbocycles. The molecule has 2 saturated heterocycles. The van der Waals surface area contributed by atoms with Gasteiger partial charge in [-0.1, -0.05) is 11.6 Å². The highest BCUT2D eigenvalue weighted by Crippen LogP contribution is 2.24. The van der Waals surface area contributed by atoms with Gasteiger partial charge in [0.15, 0.2) is 0 Å². The van der Waals surface area contributed by atoms with Crippen LogP contribution < -0.4 is 4.74 Å². The third-order valence-electron chi connectivity index (χ3n) is 4.80. The van der Waals surface area contributed by atoms with Gasteiger partial charge in [0.05, 0.1) is 13.2 Å². The molecule has 2 aliphatic rings. The summed E-state index contributed by atoms with van der Waals surface area (Å²) in [4.78, 5) is 5.06. The molecule has 0 spiro atoms. The molecule has 0 bridgehead atoms.